The van der Waals surface area contributed by atoms with Crippen molar-refractivity contribution in [3.63, 3.8) is 0 Å². The first-order valence-electron chi connectivity index (χ1n) is 5.41. The van der Waals surface area contributed by atoms with Crippen molar-refractivity contribution in [3.8, 4) is 0 Å². The van der Waals surface area contributed by atoms with Gasteiger partial charge < -0.3 is 5.32 Å². The van der Waals surface area contributed by atoms with Crippen LogP contribution in [0.5, 0.6) is 0 Å². The molecule has 0 aliphatic carbocycles. The number of rotatable bonds is 3. The first-order valence-corrected chi connectivity index (χ1v) is 5.41. The molecule has 6 heteroatoms. The van der Waals surface area contributed by atoms with Crippen molar-refractivity contribution in [3.05, 3.63) is 65.2 Å². The van der Waals surface area contributed by atoms with Gasteiger partial charge in [0, 0.05) is 18.3 Å². The summed E-state index contributed by atoms with van der Waals surface area (Å²) in [6.07, 6.45) is 1.44. The van der Waals surface area contributed by atoms with Gasteiger partial charge in [-0.3, -0.25) is 9.78 Å². The quantitative estimate of drug-likeness (QED) is 0.867. The number of halogens is 3. The predicted octanol–water partition coefficient (Wildman–Crippen LogP) is 2.43. The van der Waals surface area contributed by atoms with Gasteiger partial charge in [-0.05, 0) is 18.2 Å². The lowest BCUT2D eigenvalue weighted by Gasteiger charge is -2.06. The van der Waals surface area contributed by atoms with Gasteiger partial charge in [0.15, 0.2) is 17.5 Å². The second-order valence-electron chi connectivity index (χ2n) is 3.73. The highest BCUT2D eigenvalue weighted by Crippen LogP contribution is 2.14. The smallest absolute Gasteiger partial charge is 0.270 e. The molecule has 0 spiro atoms. The van der Waals surface area contributed by atoms with Crippen LogP contribution in [0.1, 0.15) is 16.1 Å². The third kappa shape index (κ3) is 2.90. The van der Waals surface area contributed by atoms with E-state index in [-0.39, 0.29) is 17.8 Å². The molecule has 1 N–H and O–H groups in total. The molecular weight excluding hydrogens is 257 g/mol. The van der Waals surface area contributed by atoms with Crippen LogP contribution in [0.2, 0.25) is 0 Å². The zero-order valence-electron chi connectivity index (χ0n) is 9.66. The van der Waals surface area contributed by atoms with Crippen molar-refractivity contribution >= 4 is 5.91 Å². The summed E-state index contributed by atoms with van der Waals surface area (Å²) in [5.74, 6) is -4.65. The number of hydrogen-bond acceptors (Lipinski definition) is 2. The van der Waals surface area contributed by atoms with E-state index in [1.54, 1.807) is 12.1 Å². The van der Waals surface area contributed by atoms with E-state index in [2.05, 4.69) is 10.3 Å². The molecule has 2 rings (SSSR count). The molecule has 0 radical (unpaired) electrons. The molecule has 0 saturated heterocycles. The Morgan fingerprint density at radius 2 is 1.89 bits per heavy atom. The van der Waals surface area contributed by atoms with Crippen molar-refractivity contribution in [1.82, 2.24) is 10.3 Å². The van der Waals surface area contributed by atoms with Crippen LogP contribution in [0.15, 0.2) is 36.5 Å². The molecule has 0 aliphatic rings. The third-order valence-electron chi connectivity index (χ3n) is 2.45. The van der Waals surface area contributed by atoms with E-state index in [0.717, 1.165) is 12.1 Å². The minimum Gasteiger partial charge on any atom is -0.347 e. The number of amides is 1. The number of aromatic nitrogens is 1. The van der Waals surface area contributed by atoms with Gasteiger partial charge >= 0.3 is 0 Å². The molecule has 3 nitrogen and oxygen atoms in total. The Hall–Kier alpha value is -2.37. The standard InChI is InChI=1S/C13H9F3N2O/c14-9-5-4-8(11(15)12(9)16)7-18-13(19)10-3-1-2-6-17-10/h1-6H,7H2,(H,18,19). The van der Waals surface area contributed by atoms with Gasteiger partial charge in [-0.15, -0.1) is 0 Å². The SMILES string of the molecule is O=C(NCc1ccc(F)c(F)c1F)c1ccccn1. The summed E-state index contributed by atoms with van der Waals surface area (Å²) in [5.41, 5.74) is 0.0219. The largest absolute Gasteiger partial charge is 0.347 e. The summed E-state index contributed by atoms with van der Waals surface area (Å²) in [6.45, 7) is -0.252. The molecule has 0 atom stereocenters. The lowest BCUT2D eigenvalue weighted by molar-refractivity contribution is 0.0945. The van der Waals surface area contributed by atoms with Crippen molar-refractivity contribution in [2.45, 2.75) is 6.54 Å². The molecule has 1 heterocycles. The average Bonchev–Trinajstić information content (AvgIpc) is 2.45. The van der Waals surface area contributed by atoms with Gasteiger partial charge in [0.2, 0.25) is 0 Å². The molecule has 98 valence electrons. The normalized spacial score (nSPS) is 10.3. The van der Waals surface area contributed by atoms with Crippen molar-refractivity contribution in [2.24, 2.45) is 0 Å². The van der Waals surface area contributed by atoms with E-state index >= 15 is 0 Å². The van der Waals surface area contributed by atoms with Crippen LogP contribution in [0.3, 0.4) is 0 Å². The van der Waals surface area contributed by atoms with Crippen molar-refractivity contribution < 1.29 is 18.0 Å². The number of pyridine rings is 1. The van der Waals surface area contributed by atoms with Gasteiger partial charge in [-0.25, -0.2) is 13.2 Å². The molecule has 1 amide bonds. The zero-order valence-corrected chi connectivity index (χ0v) is 9.66. The highest BCUT2D eigenvalue weighted by molar-refractivity contribution is 5.92. The van der Waals surface area contributed by atoms with Crippen LogP contribution in [-0.4, -0.2) is 10.9 Å². The summed E-state index contributed by atoms with van der Waals surface area (Å²) in [4.78, 5) is 15.4. The lowest BCUT2D eigenvalue weighted by atomic mass is 10.2. The maximum absolute atomic E-state index is 13.3. The van der Waals surface area contributed by atoms with E-state index in [1.807, 2.05) is 0 Å². The second-order valence-corrected chi connectivity index (χ2v) is 3.73. The Labute approximate surface area is 107 Å². The zero-order chi connectivity index (χ0) is 13.8. The predicted molar refractivity (Wildman–Crippen MR) is 61.7 cm³/mol. The minimum absolute atomic E-state index is 0.136. The average molecular weight is 266 g/mol. The molecule has 0 fully saturated rings. The summed E-state index contributed by atoms with van der Waals surface area (Å²) in [6, 6.07) is 6.63. The fourth-order valence-electron chi connectivity index (χ4n) is 1.47. The van der Waals surface area contributed by atoms with Crippen LogP contribution in [0.25, 0.3) is 0 Å². The van der Waals surface area contributed by atoms with Gasteiger partial charge in [-0.2, -0.15) is 0 Å². The molecule has 0 aliphatic heterocycles. The Morgan fingerprint density at radius 3 is 2.58 bits per heavy atom. The molecule has 2 aromatic rings. The number of nitrogens with zero attached hydrogens (tertiary/aromatic N) is 1. The first-order chi connectivity index (χ1) is 9.09. The van der Waals surface area contributed by atoms with E-state index in [4.69, 9.17) is 0 Å². The Morgan fingerprint density at radius 1 is 1.11 bits per heavy atom. The maximum Gasteiger partial charge on any atom is 0.270 e. The summed E-state index contributed by atoms with van der Waals surface area (Å²) < 4.78 is 39.0. The number of nitrogens with one attached hydrogen (secondary N) is 1. The number of carbonyl (C=O) groups is 1. The molecule has 0 bridgehead atoms. The molecule has 1 aromatic carbocycles. The van der Waals surface area contributed by atoms with Gasteiger partial charge in [-0.1, -0.05) is 12.1 Å². The summed E-state index contributed by atoms with van der Waals surface area (Å²) in [7, 11) is 0. The summed E-state index contributed by atoms with van der Waals surface area (Å²) >= 11 is 0. The maximum atomic E-state index is 13.3. The van der Waals surface area contributed by atoms with Crippen molar-refractivity contribution in [2.75, 3.05) is 0 Å². The Bertz CT molecular complexity index is 602. The number of carbonyl (C=O) groups excluding carboxylic acids is 1. The first kappa shape index (κ1) is 13.1. The van der Waals surface area contributed by atoms with Crippen LogP contribution < -0.4 is 5.32 Å². The van der Waals surface area contributed by atoms with Crippen LogP contribution in [0, 0.1) is 17.5 Å². The molecule has 0 saturated carbocycles. The van der Waals surface area contributed by atoms with Crippen LogP contribution in [-0.2, 0) is 6.54 Å². The van der Waals surface area contributed by atoms with E-state index < -0.39 is 23.4 Å². The molecular formula is C13H9F3N2O. The fraction of sp³-hybridized carbons (Fsp3) is 0.0769. The summed E-state index contributed by atoms with van der Waals surface area (Å²) in [5, 5.41) is 2.37. The topological polar surface area (TPSA) is 42.0 Å². The third-order valence-corrected chi connectivity index (χ3v) is 2.45. The minimum atomic E-state index is -1.55. The van der Waals surface area contributed by atoms with Crippen LogP contribution >= 0.6 is 0 Å². The Kier molecular flexibility index (Phi) is 3.79. The number of benzene rings is 1. The second kappa shape index (κ2) is 5.51. The number of hydrogen-bond donors (Lipinski definition) is 1. The highest BCUT2D eigenvalue weighted by Gasteiger charge is 2.14. The molecule has 0 unspecified atom stereocenters. The van der Waals surface area contributed by atoms with E-state index in [9.17, 15) is 18.0 Å². The van der Waals surface area contributed by atoms with E-state index in [0.29, 0.717) is 0 Å². The van der Waals surface area contributed by atoms with Crippen molar-refractivity contribution in [1.29, 1.82) is 0 Å². The van der Waals surface area contributed by atoms with Crippen LogP contribution in [0.4, 0.5) is 13.2 Å². The van der Waals surface area contributed by atoms with E-state index in [1.165, 1.54) is 12.3 Å². The van der Waals surface area contributed by atoms with Gasteiger partial charge in [0.1, 0.15) is 5.69 Å². The molecule has 19 heavy (non-hydrogen) atoms. The van der Waals surface area contributed by atoms with Gasteiger partial charge in [0.25, 0.3) is 5.91 Å². The van der Waals surface area contributed by atoms with Gasteiger partial charge in [0.05, 0.1) is 0 Å². The Balaban J connectivity index is 2.08. The monoisotopic (exact) mass is 266 g/mol. The molecule has 1 aromatic heterocycles. The highest BCUT2D eigenvalue weighted by atomic mass is 19.2. The fourth-order valence-corrected chi connectivity index (χ4v) is 1.47. The lowest BCUT2D eigenvalue weighted by Crippen LogP contribution is -2.24.